The normalized spacial score (nSPS) is 14.9. The summed E-state index contributed by atoms with van der Waals surface area (Å²) in [5, 5.41) is 0.450. The summed E-state index contributed by atoms with van der Waals surface area (Å²) >= 11 is 12.3. The van der Waals surface area contributed by atoms with E-state index in [2.05, 4.69) is 35.3 Å². The smallest absolute Gasteiger partial charge is 0.160 e. The lowest BCUT2D eigenvalue weighted by Crippen LogP contribution is -2.18. The maximum Gasteiger partial charge on any atom is 0.160 e. The van der Waals surface area contributed by atoms with Crippen LogP contribution in [0, 0.1) is 5.92 Å². The minimum Gasteiger partial charge on any atom is -0.308 e. The van der Waals surface area contributed by atoms with Crippen molar-refractivity contribution in [2.24, 2.45) is 5.92 Å². The molecular weight excluding hydrogens is 293 g/mol. The van der Waals surface area contributed by atoms with E-state index in [0.29, 0.717) is 17.0 Å². The summed E-state index contributed by atoms with van der Waals surface area (Å²) in [4.78, 5) is 9.09. The lowest BCUT2D eigenvalue weighted by atomic mass is 9.95. The molecule has 0 amide bonds. The number of halogens is 2. The summed E-state index contributed by atoms with van der Waals surface area (Å²) in [7, 11) is 0. The van der Waals surface area contributed by atoms with E-state index < -0.39 is 0 Å². The van der Waals surface area contributed by atoms with Crippen LogP contribution in [-0.4, -0.2) is 14.5 Å². The molecule has 0 aromatic carbocycles. The molecular formula is C15H21Cl2N3. The van der Waals surface area contributed by atoms with Crippen LogP contribution in [0.4, 0.5) is 0 Å². The molecule has 3 nitrogen and oxygen atoms in total. The van der Waals surface area contributed by atoms with Gasteiger partial charge in [-0.1, -0.05) is 38.3 Å². The van der Waals surface area contributed by atoms with Gasteiger partial charge in [0.15, 0.2) is 5.65 Å². The summed E-state index contributed by atoms with van der Waals surface area (Å²) in [6.45, 7) is 8.61. The second-order valence-electron chi connectivity index (χ2n) is 5.27. The molecule has 110 valence electrons. The topological polar surface area (TPSA) is 30.7 Å². The van der Waals surface area contributed by atoms with Crippen molar-refractivity contribution < 1.29 is 0 Å². The maximum absolute atomic E-state index is 6.31. The van der Waals surface area contributed by atoms with Crippen LogP contribution >= 0.6 is 23.2 Å². The third kappa shape index (κ3) is 2.79. The van der Waals surface area contributed by atoms with Crippen LogP contribution in [0.2, 0.25) is 5.02 Å². The summed E-state index contributed by atoms with van der Waals surface area (Å²) < 4.78 is 2.18. The Bertz CT molecular complexity index is 588. The van der Waals surface area contributed by atoms with Crippen LogP contribution in [0.5, 0.6) is 0 Å². The molecule has 0 saturated carbocycles. The lowest BCUT2D eigenvalue weighted by molar-refractivity contribution is 0.331. The SMILES string of the molecule is CCC(CC)C(C)n1c(C(C)Cl)nc2cc(Cl)cnc21. The van der Waals surface area contributed by atoms with Crippen LogP contribution in [0.25, 0.3) is 11.2 Å². The number of imidazole rings is 1. The van der Waals surface area contributed by atoms with Gasteiger partial charge in [-0.3, -0.25) is 0 Å². The van der Waals surface area contributed by atoms with Gasteiger partial charge in [-0.05, 0) is 25.8 Å². The van der Waals surface area contributed by atoms with Gasteiger partial charge in [-0.25, -0.2) is 9.97 Å². The molecule has 0 aliphatic heterocycles. The molecule has 0 fully saturated rings. The quantitative estimate of drug-likeness (QED) is 0.693. The Morgan fingerprint density at radius 2 is 1.90 bits per heavy atom. The summed E-state index contributed by atoms with van der Waals surface area (Å²) in [6.07, 6.45) is 3.92. The molecule has 0 aliphatic carbocycles. The molecule has 0 spiro atoms. The number of aromatic nitrogens is 3. The van der Waals surface area contributed by atoms with Crippen molar-refractivity contribution in [2.75, 3.05) is 0 Å². The number of hydrogen-bond donors (Lipinski definition) is 0. The Hall–Kier alpha value is -0.800. The zero-order valence-electron chi connectivity index (χ0n) is 12.4. The third-order valence-corrected chi connectivity index (χ3v) is 4.42. The molecule has 0 bridgehead atoms. The van der Waals surface area contributed by atoms with Crippen LogP contribution in [0.15, 0.2) is 12.3 Å². The van der Waals surface area contributed by atoms with Gasteiger partial charge < -0.3 is 4.57 Å². The van der Waals surface area contributed by atoms with Gasteiger partial charge in [0.2, 0.25) is 0 Å². The number of fused-ring (bicyclic) bond motifs is 1. The molecule has 2 heterocycles. The van der Waals surface area contributed by atoms with E-state index in [1.807, 2.05) is 13.0 Å². The van der Waals surface area contributed by atoms with Crippen molar-refractivity contribution in [2.45, 2.75) is 52.0 Å². The molecule has 2 aromatic heterocycles. The molecule has 5 heteroatoms. The van der Waals surface area contributed by atoms with Crippen LogP contribution in [0.3, 0.4) is 0 Å². The van der Waals surface area contributed by atoms with E-state index in [9.17, 15) is 0 Å². The highest BCUT2D eigenvalue weighted by molar-refractivity contribution is 6.31. The predicted molar refractivity (Wildman–Crippen MR) is 85.6 cm³/mol. The molecule has 2 rings (SSSR count). The fraction of sp³-hybridized carbons (Fsp3) is 0.600. The molecule has 0 radical (unpaired) electrons. The third-order valence-electron chi connectivity index (χ3n) is 4.02. The van der Waals surface area contributed by atoms with E-state index in [1.165, 1.54) is 0 Å². The van der Waals surface area contributed by atoms with Gasteiger partial charge in [0.1, 0.15) is 11.3 Å². The Morgan fingerprint density at radius 3 is 2.45 bits per heavy atom. The Kier molecular flexibility index (Phi) is 4.92. The standard InChI is InChI=1S/C15H21Cl2N3/c1-5-11(6-2)10(4)20-14(9(3)16)19-13-7-12(17)8-18-15(13)20/h7-11H,5-6H2,1-4H3. The molecule has 2 aromatic rings. The highest BCUT2D eigenvalue weighted by atomic mass is 35.5. The number of rotatable bonds is 5. The van der Waals surface area contributed by atoms with Crippen LogP contribution < -0.4 is 0 Å². The van der Waals surface area contributed by atoms with Crippen molar-refractivity contribution in [3.8, 4) is 0 Å². The van der Waals surface area contributed by atoms with Gasteiger partial charge in [-0.15, -0.1) is 11.6 Å². The first-order valence-electron chi connectivity index (χ1n) is 7.17. The fourth-order valence-electron chi connectivity index (χ4n) is 2.84. The van der Waals surface area contributed by atoms with Gasteiger partial charge in [0.05, 0.1) is 10.4 Å². The average Bonchev–Trinajstić information content (AvgIpc) is 2.78. The molecule has 2 atom stereocenters. The minimum atomic E-state index is -0.153. The second kappa shape index (κ2) is 6.31. The second-order valence-corrected chi connectivity index (χ2v) is 6.36. The Balaban J connectivity index is 2.62. The van der Waals surface area contributed by atoms with E-state index in [1.54, 1.807) is 6.20 Å². The van der Waals surface area contributed by atoms with E-state index in [-0.39, 0.29) is 5.38 Å². The average molecular weight is 314 g/mol. The highest BCUT2D eigenvalue weighted by Crippen LogP contribution is 2.33. The number of pyridine rings is 1. The van der Waals surface area contributed by atoms with Crippen molar-refractivity contribution in [1.82, 2.24) is 14.5 Å². The van der Waals surface area contributed by atoms with E-state index in [4.69, 9.17) is 23.2 Å². The molecule has 0 aliphatic rings. The zero-order chi connectivity index (χ0) is 14.9. The van der Waals surface area contributed by atoms with Crippen molar-refractivity contribution >= 4 is 34.4 Å². The first-order chi connectivity index (χ1) is 9.49. The first kappa shape index (κ1) is 15.6. The largest absolute Gasteiger partial charge is 0.308 e. The molecule has 20 heavy (non-hydrogen) atoms. The lowest BCUT2D eigenvalue weighted by Gasteiger charge is -2.25. The summed E-state index contributed by atoms with van der Waals surface area (Å²) in [5.41, 5.74) is 1.69. The summed E-state index contributed by atoms with van der Waals surface area (Å²) in [6, 6.07) is 2.17. The summed E-state index contributed by atoms with van der Waals surface area (Å²) in [5.74, 6) is 1.45. The maximum atomic E-state index is 6.31. The highest BCUT2D eigenvalue weighted by Gasteiger charge is 2.24. The molecule has 0 N–H and O–H groups in total. The van der Waals surface area contributed by atoms with Gasteiger partial charge in [0, 0.05) is 12.2 Å². The predicted octanol–water partition coefficient (Wildman–Crippen LogP) is 5.38. The van der Waals surface area contributed by atoms with Crippen LogP contribution in [-0.2, 0) is 0 Å². The van der Waals surface area contributed by atoms with Crippen molar-refractivity contribution in [3.63, 3.8) is 0 Å². The first-order valence-corrected chi connectivity index (χ1v) is 7.98. The van der Waals surface area contributed by atoms with Crippen molar-refractivity contribution in [1.29, 1.82) is 0 Å². The van der Waals surface area contributed by atoms with Gasteiger partial charge >= 0.3 is 0 Å². The number of nitrogens with zero attached hydrogens (tertiary/aromatic N) is 3. The fourth-order valence-corrected chi connectivity index (χ4v) is 3.14. The Labute approximate surface area is 130 Å². The zero-order valence-corrected chi connectivity index (χ0v) is 13.9. The number of hydrogen-bond acceptors (Lipinski definition) is 2. The molecule has 2 unspecified atom stereocenters. The molecule has 0 saturated heterocycles. The Morgan fingerprint density at radius 1 is 1.25 bits per heavy atom. The van der Waals surface area contributed by atoms with Gasteiger partial charge in [0.25, 0.3) is 0 Å². The van der Waals surface area contributed by atoms with Crippen molar-refractivity contribution in [3.05, 3.63) is 23.1 Å². The minimum absolute atomic E-state index is 0.153. The van der Waals surface area contributed by atoms with Gasteiger partial charge in [-0.2, -0.15) is 0 Å². The van der Waals surface area contributed by atoms with Crippen LogP contribution in [0.1, 0.15) is 57.8 Å². The number of alkyl halides is 1. The van der Waals surface area contributed by atoms with E-state index >= 15 is 0 Å². The van der Waals surface area contributed by atoms with E-state index in [0.717, 1.165) is 29.8 Å². The monoisotopic (exact) mass is 313 g/mol.